The number of carbonyl (C=O) groups is 1. The average molecular weight is 500 g/mol. The Bertz CT molecular complexity index is 1400. The number of hydrogen-bond donors (Lipinski definition) is 1. The first kappa shape index (κ1) is 24.8. The number of aromatic nitrogens is 2. The summed E-state index contributed by atoms with van der Waals surface area (Å²) in [6.07, 6.45) is -0.372. The van der Waals surface area contributed by atoms with Gasteiger partial charge < -0.3 is 24.0 Å². The molecule has 2 atom stereocenters. The molecule has 1 aliphatic rings. The van der Waals surface area contributed by atoms with E-state index in [1.54, 1.807) is 0 Å². The molecule has 192 valence electrons. The van der Waals surface area contributed by atoms with Crippen LogP contribution in [0, 0.1) is 13.8 Å². The number of ether oxygens (including phenoxy) is 2. The van der Waals surface area contributed by atoms with Crippen LogP contribution in [0.3, 0.4) is 0 Å². The maximum atomic E-state index is 13.0. The SMILES string of the molecule is CCOc1ccc(N2C[C@@H](c3nc4ccccc4n3C[C@@H](O)COc3ccc(C)c(C)c3)CC2=O)cc1. The Morgan fingerprint density at radius 1 is 1.00 bits per heavy atom. The number of rotatable bonds is 9. The number of nitrogens with zero attached hydrogens (tertiary/aromatic N) is 3. The molecule has 7 heteroatoms. The van der Waals surface area contributed by atoms with Crippen molar-refractivity contribution in [2.45, 2.75) is 45.8 Å². The highest BCUT2D eigenvalue weighted by atomic mass is 16.5. The monoisotopic (exact) mass is 499 g/mol. The van der Waals surface area contributed by atoms with Crippen LogP contribution < -0.4 is 14.4 Å². The highest BCUT2D eigenvalue weighted by Gasteiger charge is 2.35. The van der Waals surface area contributed by atoms with Gasteiger partial charge in [-0.3, -0.25) is 4.79 Å². The predicted octanol–water partition coefficient (Wildman–Crippen LogP) is 5.01. The summed E-state index contributed by atoms with van der Waals surface area (Å²) in [5, 5.41) is 10.9. The van der Waals surface area contributed by atoms with Gasteiger partial charge >= 0.3 is 0 Å². The van der Waals surface area contributed by atoms with Gasteiger partial charge in [0, 0.05) is 24.6 Å². The van der Waals surface area contributed by atoms with Crippen molar-refractivity contribution in [2.75, 3.05) is 24.7 Å². The molecule has 3 aromatic carbocycles. The number of anilines is 1. The van der Waals surface area contributed by atoms with Crippen molar-refractivity contribution in [2.24, 2.45) is 0 Å². The molecule has 0 bridgehead atoms. The number of carbonyl (C=O) groups excluding carboxylic acids is 1. The van der Waals surface area contributed by atoms with E-state index in [1.165, 1.54) is 5.56 Å². The smallest absolute Gasteiger partial charge is 0.227 e. The van der Waals surface area contributed by atoms with Gasteiger partial charge in [0.15, 0.2) is 0 Å². The van der Waals surface area contributed by atoms with Crippen LogP contribution in [0.1, 0.15) is 36.2 Å². The highest BCUT2D eigenvalue weighted by molar-refractivity contribution is 5.96. The minimum atomic E-state index is -0.739. The molecule has 0 radical (unpaired) electrons. The highest BCUT2D eigenvalue weighted by Crippen LogP contribution is 2.34. The maximum absolute atomic E-state index is 13.0. The lowest BCUT2D eigenvalue weighted by atomic mass is 10.1. The van der Waals surface area contributed by atoms with Gasteiger partial charge in [-0.2, -0.15) is 0 Å². The number of amides is 1. The van der Waals surface area contributed by atoms with E-state index in [2.05, 4.69) is 6.92 Å². The molecule has 1 fully saturated rings. The van der Waals surface area contributed by atoms with E-state index in [0.29, 0.717) is 26.1 Å². The zero-order chi connectivity index (χ0) is 25.9. The summed E-state index contributed by atoms with van der Waals surface area (Å²) < 4.78 is 13.5. The van der Waals surface area contributed by atoms with Crippen LogP contribution >= 0.6 is 0 Å². The molecular weight excluding hydrogens is 466 g/mol. The van der Waals surface area contributed by atoms with E-state index in [0.717, 1.165) is 39.6 Å². The molecule has 0 unspecified atom stereocenters. The van der Waals surface area contributed by atoms with Crippen molar-refractivity contribution in [3.8, 4) is 11.5 Å². The van der Waals surface area contributed by atoms with Gasteiger partial charge in [-0.25, -0.2) is 4.98 Å². The summed E-state index contributed by atoms with van der Waals surface area (Å²) in [5.41, 5.74) is 4.99. The summed E-state index contributed by atoms with van der Waals surface area (Å²) in [5.74, 6) is 2.32. The van der Waals surface area contributed by atoms with Gasteiger partial charge in [-0.05, 0) is 80.4 Å². The molecule has 1 aliphatic heterocycles. The summed E-state index contributed by atoms with van der Waals surface area (Å²) in [6, 6.07) is 21.4. The molecule has 2 heterocycles. The number of aliphatic hydroxyl groups is 1. The Morgan fingerprint density at radius 3 is 2.51 bits per heavy atom. The van der Waals surface area contributed by atoms with Gasteiger partial charge in [-0.1, -0.05) is 18.2 Å². The molecule has 4 aromatic rings. The Hall–Kier alpha value is -3.84. The number of aliphatic hydroxyl groups excluding tert-OH is 1. The molecular formula is C30H33N3O4. The fourth-order valence-electron chi connectivity index (χ4n) is 4.88. The molecule has 0 saturated carbocycles. The van der Waals surface area contributed by atoms with E-state index in [9.17, 15) is 9.90 Å². The summed E-state index contributed by atoms with van der Waals surface area (Å²) in [4.78, 5) is 19.7. The standard InChI is InChI=1S/C30H33N3O4/c1-4-36-25-13-10-23(11-14-25)32-17-22(16-29(32)35)30-31-27-7-5-6-8-28(27)33(30)18-24(34)19-37-26-12-9-20(2)21(3)15-26/h5-15,22,24,34H,4,16-19H2,1-3H3/t22-,24+/m0/s1. The van der Waals surface area contributed by atoms with Gasteiger partial charge in [0.25, 0.3) is 0 Å². The molecule has 7 nitrogen and oxygen atoms in total. The van der Waals surface area contributed by atoms with Crippen LogP contribution in [0.15, 0.2) is 66.7 Å². The third-order valence-electron chi connectivity index (χ3n) is 6.95. The second-order valence-corrected chi connectivity index (χ2v) is 9.61. The third kappa shape index (κ3) is 5.32. The van der Waals surface area contributed by atoms with E-state index in [1.807, 2.05) is 90.0 Å². The van der Waals surface area contributed by atoms with Crippen molar-refractivity contribution in [1.82, 2.24) is 9.55 Å². The van der Waals surface area contributed by atoms with Crippen molar-refractivity contribution < 1.29 is 19.4 Å². The fraction of sp³-hybridized carbons (Fsp3) is 0.333. The fourth-order valence-corrected chi connectivity index (χ4v) is 4.88. The summed E-state index contributed by atoms with van der Waals surface area (Å²) in [7, 11) is 0. The number of fused-ring (bicyclic) bond motifs is 1. The number of aryl methyl sites for hydroxylation is 2. The molecule has 1 aromatic heterocycles. The van der Waals surface area contributed by atoms with E-state index in [4.69, 9.17) is 14.5 Å². The van der Waals surface area contributed by atoms with E-state index in [-0.39, 0.29) is 18.4 Å². The van der Waals surface area contributed by atoms with Crippen LogP contribution in [0.25, 0.3) is 11.0 Å². The number of imidazole rings is 1. The van der Waals surface area contributed by atoms with E-state index < -0.39 is 6.10 Å². The van der Waals surface area contributed by atoms with Crippen LogP contribution in [-0.4, -0.2) is 46.4 Å². The minimum absolute atomic E-state index is 0.0615. The van der Waals surface area contributed by atoms with Crippen LogP contribution in [0.2, 0.25) is 0 Å². The van der Waals surface area contributed by atoms with Gasteiger partial charge in [0.05, 0.1) is 24.2 Å². The summed E-state index contributed by atoms with van der Waals surface area (Å²) >= 11 is 0. The quantitative estimate of drug-likeness (QED) is 0.350. The largest absolute Gasteiger partial charge is 0.494 e. The van der Waals surface area contributed by atoms with Crippen LogP contribution in [0.4, 0.5) is 5.69 Å². The molecule has 1 N–H and O–H groups in total. The van der Waals surface area contributed by atoms with Crippen LogP contribution in [0.5, 0.6) is 11.5 Å². The lowest BCUT2D eigenvalue weighted by Crippen LogP contribution is -2.26. The lowest BCUT2D eigenvalue weighted by Gasteiger charge is -2.19. The van der Waals surface area contributed by atoms with E-state index >= 15 is 0 Å². The van der Waals surface area contributed by atoms with Crippen LogP contribution in [-0.2, 0) is 11.3 Å². The Balaban J connectivity index is 1.35. The molecule has 0 aliphatic carbocycles. The Morgan fingerprint density at radius 2 is 1.76 bits per heavy atom. The van der Waals surface area contributed by atoms with Crippen molar-refractivity contribution in [3.05, 3.63) is 83.7 Å². The zero-order valence-corrected chi connectivity index (χ0v) is 21.6. The second-order valence-electron chi connectivity index (χ2n) is 9.61. The first-order valence-corrected chi connectivity index (χ1v) is 12.8. The summed E-state index contributed by atoms with van der Waals surface area (Å²) in [6.45, 7) is 7.67. The normalized spacial score (nSPS) is 16.4. The first-order valence-electron chi connectivity index (χ1n) is 12.8. The number of hydrogen-bond acceptors (Lipinski definition) is 5. The molecule has 0 spiro atoms. The Labute approximate surface area is 217 Å². The minimum Gasteiger partial charge on any atom is -0.494 e. The topological polar surface area (TPSA) is 76.8 Å². The van der Waals surface area contributed by atoms with Gasteiger partial charge in [-0.15, -0.1) is 0 Å². The third-order valence-corrected chi connectivity index (χ3v) is 6.95. The molecule has 1 amide bonds. The van der Waals surface area contributed by atoms with Crippen molar-refractivity contribution >= 4 is 22.6 Å². The molecule has 1 saturated heterocycles. The number of benzene rings is 3. The lowest BCUT2D eigenvalue weighted by molar-refractivity contribution is -0.117. The van der Waals surface area contributed by atoms with Crippen molar-refractivity contribution in [3.63, 3.8) is 0 Å². The molecule has 5 rings (SSSR count). The number of para-hydroxylation sites is 2. The van der Waals surface area contributed by atoms with Crippen molar-refractivity contribution in [1.29, 1.82) is 0 Å². The van der Waals surface area contributed by atoms with Gasteiger partial charge in [0.1, 0.15) is 30.0 Å². The first-order chi connectivity index (χ1) is 17.9. The Kier molecular flexibility index (Phi) is 7.15. The maximum Gasteiger partial charge on any atom is 0.227 e. The second kappa shape index (κ2) is 10.6. The molecule has 37 heavy (non-hydrogen) atoms. The zero-order valence-electron chi connectivity index (χ0n) is 21.6. The van der Waals surface area contributed by atoms with Gasteiger partial charge in [0.2, 0.25) is 5.91 Å². The predicted molar refractivity (Wildman–Crippen MR) is 144 cm³/mol. The average Bonchev–Trinajstić information content (AvgIpc) is 3.46.